The maximum atomic E-state index is 13.0. The van der Waals surface area contributed by atoms with Crippen molar-refractivity contribution >= 4 is 41.0 Å². The van der Waals surface area contributed by atoms with Crippen LogP contribution in [0.5, 0.6) is 5.88 Å². The van der Waals surface area contributed by atoms with Crippen LogP contribution in [0.15, 0.2) is 39.7 Å². The summed E-state index contributed by atoms with van der Waals surface area (Å²) in [7, 11) is 0. The molecule has 2 aromatic rings. The van der Waals surface area contributed by atoms with Gasteiger partial charge in [0.25, 0.3) is 11.5 Å². The summed E-state index contributed by atoms with van der Waals surface area (Å²) >= 11 is 5.90. The zero-order chi connectivity index (χ0) is 23.6. The Balaban J connectivity index is 2.07. The van der Waals surface area contributed by atoms with Gasteiger partial charge in [0.15, 0.2) is 0 Å². The van der Waals surface area contributed by atoms with E-state index in [1.165, 1.54) is 24.9 Å². The number of anilines is 1. The van der Waals surface area contributed by atoms with Crippen molar-refractivity contribution in [2.24, 2.45) is 5.10 Å². The molecule has 9 nitrogen and oxygen atoms in total. The molecule has 1 amide bonds. The van der Waals surface area contributed by atoms with E-state index >= 15 is 0 Å². The lowest BCUT2D eigenvalue weighted by Gasteiger charge is -2.15. The van der Waals surface area contributed by atoms with E-state index in [1.807, 2.05) is 6.07 Å². The fourth-order valence-electron chi connectivity index (χ4n) is 3.22. The first kappa shape index (κ1) is 22.8. The quantitative estimate of drug-likeness (QED) is 0.547. The highest BCUT2D eigenvalue weighted by atomic mass is 35.5. The van der Waals surface area contributed by atoms with Crippen molar-refractivity contribution in [1.29, 1.82) is 5.26 Å². The highest BCUT2D eigenvalue weighted by molar-refractivity contribution is 6.32. The van der Waals surface area contributed by atoms with Crippen molar-refractivity contribution in [1.82, 2.24) is 4.57 Å². The standard InChI is InChI=1S/C22H19ClN4O5/c1-12-17(20(29)26(8-9-32-14(3)28)21(30)19(12)11-24)10-18-13(2)25-27(22(18)31)16-6-4-15(23)5-7-16/h4-7,10,29H,8-9H2,1-3H3. The number of ether oxygens (including phenoxy) is 1. The molecule has 1 aromatic heterocycles. The molecule has 0 bridgehead atoms. The lowest BCUT2D eigenvalue weighted by atomic mass is 10.0. The molecule has 0 atom stereocenters. The maximum Gasteiger partial charge on any atom is 0.302 e. The zero-order valence-electron chi connectivity index (χ0n) is 17.5. The smallest absolute Gasteiger partial charge is 0.302 e. The Hall–Kier alpha value is -3.90. The molecule has 0 aliphatic carbocycles. The van der Waals surface area contributed by atoms with E-state index in [-0.39, 0.29) is 35.4 Å². The monoisotopic (exact) mass is 454 g/mol. The van der Waals surface area contributed by atoms with Gasteiger partial charge in [-0.15, -0.1) is 0 Å². The molecule has 1 aliphatic heterocycles. The third kappa shape index (κ3) is 4.26. The summed E-state index contributed by atoms with van der Waals surface area (Å²) in [6.45, 7) is 4.03. The lowest BCUT2D eigenvalue weighted by Crippen LogP contribution is -2.27. The van der Waals surface area contributed by atoms with Gasteiger partial charge in [-0.25, -0.2) is 0 Å². The highest BCUT2D eigenvalue weighted by Crippen LogP contribution is 2.29. The van der Waals surface area contributed by atoms with E-state index in [1.54, 1.807) is 31.2 Å². The van der Waals surface area contributed by atoms with E-state index in [2.05, 4.69) is 5.10 Å². The summed E-state index contributed by atoms with van der Waals surface area (Å²) in [6.07, 6.45) is 1.39. The predicted octanol–water partition coefficient (Wildman–Crippen LogP) is 2.76. The summed E-state index contributed by atoms with van der Waals surface area (Å²) in [5.41, 5.74) is 0.519. The number of nitriles is 1. The number of pyridine rings is 1. The number of carbonyl (C=O) groups excluding carboxylic acids is 2. The number of hydrogen-bond acceptors (Lipinski definition) is 7. The molecule has 0 spiro atoms. The number of carbonyl (C=O) groups is 2. The van der Waals surface area contributed by atoms with E-state index in [9.17, 15) is 24.8 Å². The summed E-state index contributed by atoms with van der Waals surface area (Å²) in [4.78, 5) is 36.6. The van der Waals surface area contributed by atoms with Crippen molar-refractivity contribution < 1.29 is 19.4 Å². The van der Waals surface area contributed by atoms with E-state index in [0.717, 1.165) is 4.57 Å². The number of nitrogens with zero attached hydrogens (tertiary/aromatic N) is 4. The molecule has 2 heterocycles. The van der Waals surface area contributed by atoms with Crippen molar-refractivity contribution in [2.75, 3.05) is 11.6 Å². The molecular formula is C22H19ClN4O5. The van der Waals surface area contributed by atoms with Crippen LogP contribution < -0.4 is 10.6 Å². The summed E-state index contributed by atoms with van der Waals surface area (Å²) in [5, 5.41) is 26.2. The van der Waals surface area contributed by atoms with Crippen LogP contribution in [0, 0.1) is 18.3 Å². The van der Waals surface area contributed by atoms with Crippen LogP contribution >= 0.6 is 11.6 Å². The molecule has 10 heteroatoms. The fraction of sp³-hybridized carbons (Fsp3) is 0.227. The third-order valence-corrected chi connectivity index (χ3v) is 5.14. The largest absolute Gasteiger partial charge is 0.494 e. The van der Waals surface area contributed by atoms with Gasteiger partial charge in [0.1, 0.15) is 18.2 Å². The van der Waals surface area contributed by atoms with Gasteiger partial charge in [0.2, 0.25) is 5.88 Å². The number of benzene rings is 1. The molecule has 3 rings (SSSR count). The number of hydrogen-bond donors (Lipinski definition) is 1. The van der Waals surface area contributed by atoms with E-state index in [4.69, 9.17) is 16.3 Å². The van der Waals surface area contributed by atoms with Crippen LogP contribution in [-0.2, 0) is 20.9 Å². The van der Waals surface area contributed by atoms with Crippen molar-refractivity contribution in [3.8, 4) is 11.9 Å². The summed E-state index contributed by atoms with van der Waals surface area (Å²) in [5.74, 6) is -1.44. The second-order valence-corrected chi connectivity index (χ2v) is 7.42. The van der Waals surface area contributed by atoms with Gasteiger partial charge in [-0.2, -0.15) is 15.4 Å². The van der Waals surface area contributed by atoms with Crippen LogP contribution in [0.2, 0.25) is 5.02 Å². The third-order valence-electron chi connectivity index (χ3n) is 4.89. The molecule has 0 saturated carbocycles. The average molecular weight is 455 g/mol. The summed E-state index contributed by atoms with van der Waals surface area (Å²) in [6, 6.07) is 8.39. The number of aromatic nitrogens is 1. The minimum atomic E-state index is -0.720. The molecular weight excluding hydrogens is 436 g/mol. The lowest BCUT2D eigenvalue weighted by molar-refractivity contribution is -0.141. The average Bonchev–Trinajstić information content (AvgIpc) is 3.02. The van der Waals surface area contributed by atoms with Gasteiger partial charge in [0.05, 0.1) is 23.5 Å². The first-order valence-electron chi connectivity index (χ1n) is 9.52. The summed E-state index contributed by atoms with van der Waals surface area (Å²) < 4.78 is 5.78. The minimum Gasteiger partial charge on any atom is -0.494 e. The second-order valence-electron chi connectivity index (χ2n) is 6.98. The van der Waals surface area contributed by atoms with Gasteiger partial charge in [-0.3, -0.25) is 19.0 Å². The molecule has 0 unspecified atom stereocenters. The Morgan fingerprint density at radius 3 is 2.53 bits per heavy atom. The van der Waals surface area contributed by atoms with Crippen LogP contribution in [0.3, 0.4) is 0 Å². The number of amides is 1. The topological polar surface area (TPSA) is 125 Å². The van der Waals surface area contributed by atoms with Gasteiger partial charge in [-0.05, 0) is 49.8 Å². The van der Waals surface area contributed by atoms with E-state index in [0.29, 0.717) is 16.4 Å². The molecule has 164 valence electrons. The molecule has 1 N–H and O–H groups in total. The molecule has 0 fully saturated rings. The Labute approximate surface area is 188 Å². The molecule has 0 radical (unpaired) electrons. The van der Waals surface area contributed by atoms with Crippen LogP contribution in [0.4, 0.5) is 5.69 Å². The molecule has 32 heavy (non-hydrogen) atoms. The Bertz CT molecular complexity index is 1270. The fourth-order valence-corrected chi connectivity index (χ4v) is 3.34. The Morgan fingerprint density at radius 1 is 1.28 bits per heavy atom. The SMILES string of the molecule is CC(=O)OCCn1c(O)c(C=C2C(=O)N(c3ccc(Cl)cc3)N=C2C)c(C)c(C#N)c1=O. The molecule has 0 saturated heterocycles. The van der Waals surface area contributed by atoms with Crippen LogP contribution in [-0.4, -0.2) is 33.9 Å². The first-order valence-corrected chi connectivity index (χ1v) is 9.90. The molecule has 1 aromatic carbocycles. The predicted molar refractivity (Wildman–Crippen MR) is 118 cm³/mol. The Morgan fingerprint density at radius 2 is 1.94 bits per heavy atom. The van der Waals surface area contributed by atoms with Gasteiger partial charge < -0.3 is 9.84 Å². The van der Waals surface area contributed by atoms with Crippen LogP contribution in [0.25, 0.3) is 6.08 Å². The van der Waals surface area contributed by atoms with Crippen molar-refractivity contribution in [2.45, 2.75) is 27.3 Å². The van der Waals surface area contributed by atoms with E-state index < -0.39 is 23.3 Å². The molecule has 1 aliphatic rings. The Kier molecular flexibility index (Phi) is 6.46. The normalized spacial score (nSPS) is 14.5. The first-order chi connectivity index (χ1) is 15.1. The van der Waals surface area contributed by atoms with Gasteiger partial charge in [0, 0.05) is 17.5 Å². The van der Waals surface area contributed by atoms with Crippen LogP contribution in [0.1, 0.15) is 30.5 Å². The zero-order valence-corrected chi connectivity index (χ0v) is 18.3. The second kappa shape index (κ2) is 9.08. The number of aromatic hydroxyl groups is 1. The van der Waals surface area contributed by atoms with Gasteiger partial charge >= 0.3 is 5.97 Å². The van der Waals surface area contributed by atoms with Gasteiger partial charge in [-0.1, -0.05) is 11.6 Å². The number of halogens is 1. The van der Waals surface area contributed by atoms with Crippen molar-refractivity contribution in [3.63, 3.8) is 0 Å². The maximum absolute atomic E-state index is 13.0. The number of hydrazone groups is 1. The number of esters is 1. The van der Waals surface area contributed by atoms with Crippen molar-refractivity contribution in [3.05, 3.63) is 61.9 Å². The number of rotatable bonds is 5. The minimum absolute atomic E-state index is 0.125. The highest BCUT2D eigenvalue weighted by Gasteiger charge is 2.30.